The molecule has 0 N–H and O–H groups in total. The standard InChI is InChI=1S/C24H29NO3S/c1-24(2,3)28-23(27)25-19(17-18-11-6-4-7-12-18)13-10-16-21(22(25)26)29-20-14-8-5-9-15-20/h4-9,11-12,14-15,19,21H,10,13,16-17H2,1-3H3. The second-order valence-electron chi connectivity index (χ2n) is 8.38. The van der Waals surface area contributed by atoms with Crippen LogP contribution in [0.25, 0.3) is 0 Å². The first kappa shape index (κ1) is 21.4. The van der Waals surface area contributed by atoms with Gasteiger partial charge in [-0.15, -0.1) is 11.8 Å². The summed E-state index contributed by atoms with van der Waals surface area (Å²) in [7, 11) is 0. The van der Waals surface area contributed by atoms with Crippen molar-refractivity contribution in [1.82, 2.24) is 4.90 Å². The maximum Gasteiger partial charge on any atom is 0.417 e. The molecule has 0 radical (unpaired) electrons. The van der Waals surface area contributed by atoms with E-state index in [2.05, 4.69) is 0 Å². The van der Waals surface area contributed by atoms with Crippen LogP contribution in [-0.2, 0) is 16.0 Å². The van der Waals surface area contributed by atoms with Crippen molar-refractivity contribution in [3.63, 3.8) is 0 Å². The molecule has 154 valence electrons. The fraction of sp³-hybridized carbons (Fsp3) is 0.417. The molecule has 1 saturated heterocycles. The second kappa shape index (κ2) is 9.49. The van der Waals surface area contributed by atoms with Gasteiger partial charge in [0.25, 0.3) is 0 Å². The minimum absolute atomic E-state index is 0.147. The zero-order valence-electron chi connectivity index (χ0n) is 17.3. The van der Waals surface area contributed by atoms with E-state index in [1.54, 1.807) is 0 Å². The summed E-state index contributed by atoms with van der Waals surface area (Å²) in [5, 5.41) is -0.286. The van der Waals surface area contributed by atoms with Gasteiger partial charge in [-0.05, 0) is 64.2 Å². The van der Waals surface area contributed by atoms with E-state index in [-0.39, 0.29) is 17.2 Å². The number of carbonyl (C=O) groups excluding carboxylic acids is 2. The van der Waals surface area contributed by atoms with E-state index in [0.29, 0.717) is 6.42 Å². The highest BCUT2D eigenvalue weighted by atomic mass is 32.2. The first-order chi connectivity index (χ1) is 13.8. The SMILES string of the molecule is CC(C)(C)OC(=O)N1C(=O)C(Sc2ccccc2)CCCC1Cc1ccccc1. The molecule has 0 aliphatic carbocycles. The number of imide groups is 1. The molecule has 2 aromatic rings. The van der Waals surface area contributed by atoms with Crippen LogP contribution < -0.4 is 0 Å². The molecule has 0 spiro atoms. The number of benzene rings is 2. The van der Waals surface area contributed by atoms with Crippen LogP contribution in [0.4, 0.5) is 4.79 Å². The monoisotopic (exact) mass is 411 g/mol. The number of thioether (sulfide) groups is 1. The number of carbonyl (C=O) groups is 2. The fourth-order valence-electron chi connectivity index (χ4n) is 3.53. The van der Waals surface area contributed by atoms with Gasteiger partial charge in [0, 0.05) is 10.9 Å². The van der Waals surface area contributed by atoms with Crippen molar-refractivity contribution in [3.05, 3.63) is 66.2 Å². The zero-order chi connectivity index (χ0) is 20.9. The molecule has 0 saturated carbocycles. The largest absolute Gasteiger partial charge is 0.443 e. The fourth-order valence-corrected chi connectivity index (χ4v) is 4.67. The quantitative estimate of drug-likeness (QED) is 0.647. The summed E-state index contributed by atoms with van der Waals surface area (Å²) in [5.41, 5.74) is 0.469. The smallest absolute Gasteiger partial charge is 0.417 e. The molecule has 3 rings (SSSR count). The molecule has 1 aliphatic heterocycles. The van der Waals surface area contributed by atoms with Crippen molar-refractivity contribution < 1.29 is 14.3 Å². The van der Waals surface area contributed by atoms with Gasteiger partial charge in [0.15, 0.2) is 0 Å². The number of amides is 2. The normalized spacial score (nSPS) is 20.2. The van der Waals surface area contributed by atoms with Crippen molar-refractivity contribution in [2.75, 3.05) is 0 Å². The van der Waals surface area contributed by atoms with Gasteiger partial charge in [-0.1, -0.05) is 48.5 Å². The Labute approximate surface area is 177 Å². The van der Waals surface area contributed by atoms with Crippen LogP contribution in [0.5, 0.6) is 0 Å². The molecule has 2 unspecified atom stereocenters. The Balaban J connectivity index is 1.85. The van der Waals surface area contributed by atoms with Gasteiger partial charge in [-0.2, -0.15) is 0 Å². The molecule has 29 heavy (non-hydrogen) atoms. The number of rotatable bonds is 4. The lowest BCUT2D eigenvalue weighted by Crippen LogP contribution is -2.49. The molecule has 2 atom stereocenters. The predicted molar refractivity (Wildman–Crippen MR) is 117 cm³/mol. The number of nitrogens with zero attached hydrogens (tertiary/aromatic N) is 1. The molecule has 1 heterocycles. The van der Waals surface area contributed by atoms with Gasteiger partial charge in [0.1, 0.15) is 5.60 Å². The highest BCUT2D eigenvalue weighted by molar-refractivity contribution is 8.00. The van der Waals surface area contributed by atoms with Crippen molar-refractivity contribution in [1.29, 1.82) is 0 Å². The van der Waals surface area contributed by atoms with Crippen LogP contribution in [0.15, 0.2) is 65.6 Å². The average molecular weight is 412 g/mol. The lowest BCUT2D eigenvalue weighted by molar-refractivity contribution is -0.131. The molecule has 0 bridgehead atoms. The Morgan fingerprint density at radius 1 is 1.03 bits per heavy atom. The van der Waals surface area contributed by atoms with Crippen LogP contribution in [0, 0.1) is 0 Å². The zero-order valence-corrected chi connectivity index (χ0v) is 18.2. The van der Waals surface area contributed by atoms with Gasteiger partial charge in [-0.25, -0.2) is 9.69 Å². The van der Waals surface area contributed by atoms with Crippen LogP contribution in [0.3, 0.4) is 0 Å². The lowest BCUT2D eigenvalue weighted by atomic mass is 10.0. The van der Waals surface area contributed by atoms with Crippen LogP contribution in [0.1, 0.15) is 45.6 Å². The maximum absolute atomic E-state index is 13.5. The Bertz CT molecular complexity index is 817. The van der Waals surface area contributed by atoms with Crippen molar-refractivity contribution in [2.24, 2.45) is 0 Å². The number of likely N-dealkylation sites (tertiary alicyclic amines) is 1. The second-order valence-corrected chi connectivity index (χ2v) is 9.66. The molecular weight excluding hydrogens is 382 g/mol. The summed E-state index contributed by atoms with van der Waals surface area (Å²) in [5.74, 6) is -0.147. The summed E-state index contributed by atoms with van der Waals surface area (Å²) < 4.78 is 5.63. The summed E-state index contributed by atoms with van der Waals surface area (Å²) in [4.78, 5) is 29.0. The van der Waals surface area contributed by atoms with Crippen molar-refractivity contribution in [3.8, 4) is 0 Å². The Morgan fingerprint density at radius 2 is 1.66 bits per heavy atom. The minimum Gasteiger partial charge on any atom is -0.443 e. The van der Waals surface area contributed by atoms with Crippen molar-refractivity contribution in [2.45, 2.75) is 68.2 Å². The number of hydrogen-bond donors (Lipinski definition) is 0. The minimum atomic E-state index is -0.650. The van der Waals surface area contributed by atoms with E-state index in [1.165, 1.54) is 16.7 Å². The van der Waals surface area contributed by atoms with Gasteiger partial charge < -0.3 is 4.74 Å². The average Bonchev–Trinajstić information content (AvgIpc) is 2.81. The van der Waals surface area contributed by atoms with Crippen molar-refractivity contribution >= 4 is 23.8 Å². The Kier molecular flexibility index (Phi) is 7.01. The highest BCUT2D eigenvalue weighted by Crippen LogP contribution is 2.33. The third-order valence-corrected chi connectivity index (χ3v) is 6.07. The lowest BCUT2D eigenvalue weighted by Gasteiger charge is -2.32. The number of ether oxygens (including phenoxy) is 1. The maximum atomic E-state index is 13.5. The molecular formula is C24H29NO3S. The van der Waals surface area contributed by atoms with Gasteiger partial charge >= 0.3 is 6.09 Å². The Hall–Kier alpha value is -2.27. The molecule has 1 fully saturated rings. The molecule has 5 heteroatoms. The summed E-state index contributed by atoms with van der Waals surface area (Å²) in [6, 6.07) is 19.7. The van der Waals surface area contributed by atoms with E-state index in [0.717, 1.165) is 29.7 Å². The van der Waals surface area contributed by atoms with E-state index in [4.69, 9.17) is 4.74 Å². The topological polar surface area (TPSA) is 46.6 Å². The van der Waals surface area contributed by atoms with Gasteiger partial charge in [0.05, 0.1) is 5.25 Å². The van der Waals surface area contributed by atoms with E-state index >= 15 is 0 Å². The first-order valence-electron chi connectivity index (χ1n) is 10.2. The molecule has 4 nitrogen and oxygen atoms in total. The number of hydrogen-bond acceptors (Lipinski definition) is 4. The molecule has 0 aromatic heterocycles. The van der Waals surface area contributed by atoms with E-state index in [1.807, 2.05) is 81.4 Å². The molecule has 1 aliphatic rings. The van der Waals surface area contributed by atoms with E-state index in [9.17, 15) is 9.59 Å². The van der Waals surface area contributed by atoms with Crippen LogP contribution >= 0.6 is 11.8 Å². The molecule has 2 amide bonds. The van der Waals surface area contributed by atoms with Crippen LogP contribution in [-0.4, -0.2) is 33.8 Å². The first-order valence-corrected chi connectivity index (χ1v) is 11.0. The molecule has 2 aromatic carbocycles. The summed E-state index contributed by atoms with van der Waals surface area (Å²) in [6.45, 7) is 5.49. The third kappa shape index (κ3) is 6.10. The van der Waals surface area contributed by atoms with E-state index < -0.39 is 11.7 Å². The predicted octanol–water partition coefficient (Wildman–Crippen LogP) is 5.71. The highest BCUT2D eigenvalue weighted by Gasteiger charge is 2.39. The Morgan fingerprint density at radius 3 is 2.28 bits per heavy atom. The van der Waals surface area contributed by atoms with Crippen LogP contribution in [0.2, 0.25) is 0 Å². The third-order valence-electron chi connectivity index (χ3n) is 4.81. The van der Waals surface area contributed by atoms with Gasteiger partial charge in [0.2, 0.25) is 5.91 Å². The van der Waals surface area contributed by atoms with Gasteiger partial charge in [-0.3, -0.25) is 4.79 Å². The summed E-state index contributed by atoms with van der Waals surface area (Å²) in [6.07, 6.45) is 2.54. The summed E-state index contributed by atoms with van der Waals surface area (Å²) >= 11 is 1.53.